The van der Waals surface area contributed by atoms with Crippen LogP contribution in [0, 0.1) is 13.8 Å². The summed E-state index contributed by atoms with van der Waals surface area (Å²) in [6.45, 7) is 25.9. The molecule has 0 aliphatic carbocycles. The van der Waals surface area contributed by atoms with Gasteiger partial charge in [0.2, 0.25) is 0 Å². The van der Waals surface area contributed by atoms with Gasteiger partial charge in [-0.25, -0.2) is 0 Å². The molecule has 0 aliphatic rings. The normalized spacial score (nSPS) is 10.4. The Morgan fingerprint density at radius 2 is 0.596 bits per heavy atom. The number of ether oxygens (including phenoxy) is 5. The van der Waals surface area contributed by atoms with E-state index >= 15 is 0 Å². The highest BCUT2D eigenvalue weighted by molar-refractivity contribution is 5.82. The summed E-state index contributed by atoms with van der Waals surface area (Å²) in [6.07, 6.45) is 11.1. The lowest BCUT2D eigenvalue weighted by Crippen LogP contribution is -1.96. The molecule has 0 saturated heterocycles. The van der Waals surface area contributed by atoms with Gasteiger partial charge in [0, 0.05) is 16.7 Å². The van der Waals surface area contributed by atoms with E-state index in [4.69, 9.17) is 23.7 Å². The number of benzene rings is 10. The Morgan fingerprint density at radius 1 is 0.255 bits per heavy atom. The van der Waals surface area contributed by atoms with E-state index in [0.29, 0.717) is 0 Å². The monoisotopic (exact) mass is 1260 g/mol. The van der Waals surface area contributed by atoms with Gasteiger partial charge in [-0.3, -0.25) is 4.79 Å². The van der Waals surface area contributed by atoms with Crippen LogP contribution in [0.4, 0.5) is 0 Å². The summed E-state index contributed by atoms with van der Waals surface area (Å²) in [4.78, 5) is 11.2. The number of carbonyl (C=O) groups excluding carboxylic acids is 1. The van der Waals surface area contributed by atoms with Crippen molar-refractivity contribution in [3.8, 4) is 84.4 Å². The van der Waals surface area contributed by atoms with Crippen LogP contribution in [0.15, 0.2) is 194 Å². The molecule has 6 nitrogen and oxygen atoms in total. The molecule has 0 heterocycles. The maximum Gasteiger partial charge on any atom is 0.150 e. The zero-order chi connectivity index (χ0) is 68.1. The molecular formula is C88H104O6. The number of aryl methyl sites for hydroxylation is 11. The summed E-state index contributed by atoms with van der Waals surface area (Å²) < 4.78 is 27.4. The molecule has 0 spiro atoms. The number of hydrogen-bond acceptors (Lipinski definition) is 6. The van der Waals surface area contributed by atoms with Crippen molar-refractivity contribution in [2.75, 3.05) is 35.5 Å². The van der Waals surface area contributed by atoms with E-state index in [1.54, 1.807) is 35.5 Å². The summed E-state index contributed by atoms with van der Waals surface area (Å²) in [6, 6.07) is 69.0. The van der Waals surface area contributed by atoms with Crippen molar-refractivity contribution in [3.63, 3.8) is 0 Å². The van der Waals surface area contributed by atoms with Gasteiger partial charge < -0.3 is 23.7 Å². The number of rotatable bonds is 21. The first-order valence-electron chi connectivity index (χ1n) is 34.0. The van der Waals surface area contributed by atoms with E-state index in [-0.39, 0.29) is 0 Å². The average Bonchev–Trinajstić information content (AvgIpc) is 1.09. The first-order chi connectivity index (χ1) is 45.7. The Hall–Kier alpha value is -9.13. The largest absolute Gasteiger partial charge is 0.496 e. The molecular weight excluding hydrogens is 1150 g/mol. The highest BCUT2D eigenvalue weighted by atomic mass is 16.5. The summed E-state index contributed by atoms with van der Waals surface area (Å²) in [5.41, 5.74) is 28.4. The van der Waals surface area contributed by atoms with Gasteiger partial charge in [0.05, 0.1) is 35.5 Å². The molecule has 0 radical (unpaired) electrons. The topological polar surface area (TPSA) is 63.2 Å². The van der Waals surface area contributed by atoms with E-state index < -0.39 is 0 Å². The third kappa shape index (κ3) is 19.9. The third-order valence-corrected chi connectivity index (χ3v) is 17.8. The lowest BCUT2D eigenvalue weighted by atomic mass is 9.93. The molecule has 94 heavy (non-hydrogen) atoms. The Kier molecular flexibility index (Phi) is 30.0. The number of hydrogen-bond donors (Lipinski definition) is 0. The lowest BCUT2D eigenvalue weighted by molar-refractivity contribution is 0.112. The Balaban J connectivity index is 0.000000186. The quantitative estimate of drug-likeness (QED) is 0.0668. The van der Waals surface area contributed by atoms with Crippen molar-refractivity contribution in [1.82, 2.24) is 0 Å². The van der Waals surface area contributed by atoms with Crippen molar-refractivity contribution in [2.45, 2.75) is 147 Å². The van der Waals surface area contributed by atoms with Crippen molar-refractivity contribution in [1.29, 1.82) is 0 Å². The number of methoxy groups -OCH3 is 5. The summed E-state index contributed by atoms with van der Waals surface area (Å²) >= 11 is 0. The predicted octanol–water partition coefficient (Wildman–Crippen LogP) is 22.9. The fourth-order valence-electron chi connectivity index (χ4n) is 11.6. The fraction of sp³-hybridized carbons (Fsp3) is 0.307. The van der Waals surface area contributed by atoms with Crippen LogP contribution in [0.5, 0.6) is 28.7 Å². The minimum absolute atomic E-state index is 0.767. The van der Waals surface area contributed by atoms with Crippen LogP contribution in [-0.4, -0.2) is 41.8 Å². The Labute approximate surface area is 565 Å². The SMILES string of the molecule is CCc1ccc(-c2cc(C)c(CC)cc2C)cc1.CCc1ccc(-c2cc(OC)c(CC)c(OC)c2)cc1.CCc1ccc(-c2ccc(CC)c(OC)c2)cc1.CCc1ccc(-c2ccc(CC)c(OC)c2)cc1C=O.CCc1ccc(-c2ccc(CC)cc2OC)cc1. The summed E-state index contributed by atoms with van der Waals surface area (Å²) in [7, 11) is 8.57. The molecule has 6 heteroatoms. The van der Waals surface area contributed by atoms with Crippen LogP contribution in [-0.2, 0) is 64.2 Å². The van der Waals surface area contributed by atoms with Gasteiger partial charge in [-0.15, -0.1) is 0 Å². The molecule has 0 aliphatic heterocycles. The minimum atomic E-state index is 0.767. The van der Waals surface area contributed by atoms with Crippen molar-refractivity contribution in [2.24, 2.45) is 0 Å². The standard InChI is InChI=1S/C18H22O2.C18H20O2.C18H22.2C17H20O/c1-5-13-7-9-14(10-8-13)15-11-17(19-3)16(6-2)18(12-15)20-4;1-4-13-6-8-15(10-17(13)12-19)16-9-7-14(5-2)18(11-16)20-3;1-5-15-7-9-17(10-8-15)18-12-13(3)16(6-2)11-14(18)4;1-4-13-6-9-15(10-7-13)16-11-8-14(5-2)12-17(16)18-3;1-4-13-6-8-15(9-7-13)16-11-10-14(5-2)17(12-16)18-3/h7-12H,5-6H2,1-4H3;6-12H,4-5H2,1-3H3;7-12H,5-6H2,1-4H3;2*6-12H,4-5H2,1-3H3. The lowest BCUT2D eigenvalue weighted by Gasteiger charge is -2.14. The fourth-order valence-corrected chi connectivity index (χ4v) is 11.6. The zero-order valence-corrected chi connectivity index (χ0v) is 59.6. The van der Waals surface area contributed by atoms with Gasteiger partial charge in [0.1, 0.15) is 35.0 Å². The second-order valence-electron chi connectivity index (χ2n) is 23.4. The molecule has 0 amide bonds. The highest BCUT2D eigenvalue weighted by Gasteiger charge is 2.14. The molecule has 0 saturated carbocycles. The molecule has 0 fully saturated rings. The van der Waals surface area contributed by atoms with Crippen LogP contribution in [0.1, 0.15) is 146 Å². The van der Waals surface area contributed by atoms with Gasteiger partial charge in [0.25, 0.3) is 0 Å². The first-order valence-corrected chi connectivity index (χ1v) is 34.0. The molecule has 0 bridgehead atoms. The van der Waals surface area contributed by atoms with E-state index in [0.717, 1.165) is 138 Å². The van der Waals surface area contributed by atoms with Crippen LogP contribution in [0.2, 0.25) is 0 Å². The third-order valence-electron chi connectivity index (χ3n) is 17.8. The van der Waals surface area contributed by atoms with E-state index in [9.17, 15) is 4.79 Å². The summed E-state index contributed by atoms with van der Waals surface area (Å²) in [5.74, 6) is 4.62. The maximum absolute atomic E-state index is 11.2. The van der Waals surface area contributed by atoms with Gasteiger partial charge in [-0.2, -0.15) is 0 Å². The smallest absolute Gasteiger partial charge is 0.150 e. The average molecular weight is 1260 g/mol. The summed E-state index contributed by atoms with van der Waals surface area (Å²) in [5, 5.41) is 0. The van der Waals surface area contributed by atoms with Gasteiger partial charge in [0.15, 0.2) is 0 Å². The Morgan fingerprint density at radius 3 is 0.979 bits per heavy atom. The van der Waals surface area contributed by atoms with Gasteiger partial charge >= 0.3 is 0 Å². The zero-order valence-electron chi connectivity index (χ0n) is 59.6. The molecule has 0 N–H and O–H groups in total. The molecule has 10 aromatic carbocycles. The number of aldehydes is 1. The van der Waals surface area contributed by atoms with E-state index in [1.165, 1.54) is 89.0 Å². The molecule has 0 aromatic heterocycles. The minimum Gasteiger partial charge on any atom is -0.496 e. The van der Waals surface area contributed by atoms with E-state index in [1.807, 2.05) is 18.2 Å². The van der Waals surface area contributed by atoms with Gasteiger partial charge in [-0.05, 0) is 226 Å². The van der Waals surface area contributed by atoms with Crippen LogP contribution in [0.3, 0.4) is 0 Å². The highest BCUT2D eigenvalue weighted by Crippen LogP contribution is 2.37. The predicted molar refractivity (Wildman–Crippen MR) is 401 cm³/mol. The van der Waals surface area contributed by atoms with Crippen molar-refractivity contribution >= 4 is 6.29 Å². The second kappa shape index (κ2) is 38.2. The molecule has 492 valence electrons. The molecule has 0 unspecified atom stereocenters. The molecule has 10 aromatic rings. The van der Waals surface area contributed by atoms with Crippen LogP contribution < -0.4 is 23.7 Å². The molecule has 10 rings (SSSR count). The van der Waals surface area contributed by atoms with E-state index in [2.05, 4.69) is 259 Å². The maximum atomic E-state index is 11.2. The van der Waals surface area contributed by atoms with Crippen LogP contribution in [0.25, 0.3) is 55.6 Å². The van der Waals surface area contributed by atoms with Gasteiger partial charge in [-0.1, -0.05) is 227 Å². The van der Waals surface area contributed by atoms with Crippen molar-refractivity contribution in [3.05, 3.63) is 266 Å². The first kappa shape index (κ1) is 73.9. The Bertz CT molecular complexity index is 3920. The second-order valence-corrected chi connectivity index (χ2v) is 23.4. The molecule has 0 atom stereocenters. The van der Waals surface area contributed by atoms with Crippen molar-refractivity contribution < 1.29 is 28.5 Å². The van der Waals surface area contributed by atoms with Crippen LogP contribution >= 0.6 is 0 Å². The number of carbonyl (C=O) groups is 1.